The van der Waals surface area contributed by atoms with Gasteiger partial charge in [0.05, 0.1) is 23.6 Å². The van der Waals surface area contributed by atoms with Crippen molar-refractivity contribution in [2.24, 2.45) is 0 Å². The van der Waals surface area contributed by atoms with E-state index in [-0.39, 0.29) is 18.3 Å². The van der Waals surface area contributed by atoms with Crippen LogP contribution >= 0.6 is 23.4 Å². The van der Waals surface area contributed by atoms with Gasteiger partial charge in [-0.25, -0.2) is 0 Å². The predicted octanol–water partition coefficient (Wildman–Crippen LogP) is 4.74. The number of nitrogens with one attached hydrogen (secondary N) is 1. The lowest BCUT2D eigenvalue weighted by Crippen LogP contribution is -2.15. The fourth-order valence-corrected chi connectivity index (χ4v) is 3.74. The number of anilines is 1. The molecule has 7 nitrogen and oxygen atoms in total. The molecule has 0 aliphatic heterocycles. The Kier molecular flexibility index (Phi) is 7.97. The van der Waals surface area contributed by atoms with Gasteiger partial charge in [0.25, 0.3) is 0 Å². The van der Waals surface area contributed by atoms with Crippen LogP contribution in [-0.2, 0) is 17.9 Å². The third-order valence-corrected chi connectivity index (χ3v) is 5.54. The number of carbonyl (C=O) groups is 1. The van der Waals surface area contributed by atoms with Gasteiger partial charge >= 0.3 is 0 Å². The summed E-state index contributed by atoms with van der Waals surface area (Å²) >= 11 is 7.42. The molecule has 3 aromatic rings. The molecule has 0 aliphatic rings. The van der Waals surface area contributed by atoms with Crippen molar-refractivity contribution in [2.75, 3.05) is 18.2 Å². The molecule has 1 aromatic heterocycles. The van der Waals surface area contributed by atoms with Crippen molar-refractivity contribution in [3.63, 3.8) is 0 Å². The van der Waals surface area contributed by atoms with Crippen molar-refractivity contribution < 1.29 is 14.3 Å². The molecule has 0 saturated heterocycles. The van der Waals surface area contributed by atoms with Crippen LogP contribution in [0.4, 0.5) is 5.69 Å². The van der Waals surface area contributed by atoms with Crippen molar-refractivity contribution in [3.8, 4) is 11.5 Å². The summed E-state index contributed by atoms with van der Waals surface area (Å²) in [4.78, 5) is 12.5. The molecule has 0 spiro atoms. The second kappa shape index (κ2) is 10.9. The van der Waals surface area contributed by atoms with Crippen LogP contribution in [0.3, 0.4) is 0 Å². The lowest BCUT2D eigenvalue weighted by atomic mass is 10.2. The van der Waals surface area contributed by atoms with Gasteiger partial charge < -0.3 is 14.8 Å². The number of para-hydroxylation sites is 1. The predicted molar refractivity (Wildman–Crippen MR) is 123 cm³/mol. The molecule has 3 rings (SSSR count). The highest BCUT2D eigenvalue weighted by Crippen LogP contribution is 2.27. The van der Waals surface area contributed by atoms with Gasteiger partial charge in [0, 0.05) is 6.54 Å². The zero-order chi connectivity index (χ0) is 22.2. The summed E-state index contributed by atoms with van der Waals surface area (Å²) in [5.41, 5.74) is 1.66. The quantitative estimate of drug-likeness (QED) is 0.349. The van der Waals surface area contributed by atoms with Gasteiger partial charge in [-0.15, -0.1) is 16.8 Å². The molecule has 0 radical (unpaired) electrons. The molecule has 0 atom stereocenters. The SMILES string of the molecule is C=CCn1c(COc2ccccc2Cl)nnc1SCC(=O)Nc1cc(C)ccc1OC. The molecular weight excluding hydrogens is 436 g/mol. The molecule has 1 N–H and O–H groups in total. The number of allylic oxidation sites excluding steroid dienone is 1. The van der Waals surface area contributed by atoms with Crippen molar-refractivity contribution in [1.82, 2.24) is 14.8 Å². The minimum absolute atomic E-state index is 0.164. The number of aryl methyl sites for hydroxylation is 1. The number of halogens is 1. The van der Waals surface area contributed by atoms with E-state index in [9.17, 15) is 4.79 Å². The number of methoxy groups -OCH3 is 1. The first kappa shape index (κ1) is 22.7. The molecule has 1 heterocycles. The summed E-state index contributed by atoms with van der Waals surface area (Å²) in [7, 11) is 1.57. The fraction of sp³-hybridized carbons (Fsp3) is 0.227. The summed E-state index contributed by atoms with van der Waals surface area (Å²) in [5, 5.41) is 12.4. The molecule has 2 aromatic carbocycles. The normalized spacial score (nSPS) is 10.5. The van der Waals surface area contributed by atoms with Crippen molar-refractivity contribution in [1.29, 1.82) is 0 Å². The van der Waals surface area contributed by atoms with E-state index in [2.05, 4.69) is 22.1 Å². The number of hydrogen-bond donors (Lipinski definition) is 1. The van der Waals surface area contributed by atoms with Crippen LogP contribution in [0, 0.1) is 6.92 Å². The standard InChI is InChI=1S/C22H23ClN4O3S/c1-4-11-27-20(13-30-18-8-6-5-7-16(18)23)25-26-22(27)31-14-21(28)24-17-12-15(2)9-10-19(17)29-3/h4-10,12H,1,11,13-14H2,2-3H3,(H,24,28). The zero-order valence-corrected chi connectivity index (χ0v) is 18.9. The van der Waals surface area contributed by atoms with Crippen LogP contribution in [0.2, 0.25) is 5.02 Å². The molecule has 0 aliphatic carbocycles. The highest BCUT2D eigenvalue weighted by atomic mass is 35.5. The van der Waals surface area contributed by atoms with E-state index < -0.39 is 0 Å². The van der Waals surface area contributed by atoms with Crippen molar-refractivity contribution in [3.05, 3.63) is 71.5 Å². The Morgan fingerprint density at radius 2 is 2.06 bits per heavy atom. The number of benzene rings is 2. The largest absolute Gasteiger partial charge is 0.495 e. The molecule has 31 heavy (non-hydrogen) atoms. The first-order chi connectivity index (χ1) is 15.0. The van der Waals surface area contributed by atoms with E-state index in [4.69, 9.17) is 21.1 Å². The second-order valence-corrected chi connectivity index (χ2v) is 7.91. The van der Waals surface area contributed by atoms with E-state index in [1.54, 1.807) is 25.3 Å². The first-order valence-corrected chi connectivity index (χ1v) is 10.9. The number of nitrogens with zero attached hydrogens (tertiary/aromatic N) is 3. The number of thioether (sulfide) groups is 1. The molecular formula is C22H23ClN4O3S. The van der Waals surface area contributed by atoms with Crippen molar-refractivity contribution >= 4 is 35.0 Å². The topological polar surface area (TPSA) is 78.3 Å². The molecule has 0 saturated carbocycles. The smallest absolute Gasteiger partial charge is 0.234 e. The van der Waals surface area contributed by atoms with E-state index in [0.29, 0.717) is 39.7 Å². The van der Waals surface area contributed by atoms with Crippen molar-refractivity contribution in [2.45, 2.75) is 25.2 Å². The lowest BCUT2D eigenvalue weighted by Gasteiger charge is -2.11. The third kappa shape index (κ3) is 6.02. The Balaban J connectivity index is 1.65. The Morgan fingerprint density at radius 1 is 1.26 bits per heavy atom. The van der Waals surface area contributed by atoms with Gasteiger partial charge in [-0.3, -0.25) is 9.36 Å². The average Bonchev–Trinajstić information content (AvgIpc) is 3.14. The first-order valence-electron chi connectivity index (χ1n) is 9.49. The molecule has 9 heteroatoms. The Hall–Kier alpha value is -2.97. The molecule has 1 amide bonds. The number of ether oxygens (including phenoxy) is 2. The Morgan fingerprint density at radius 3 is 2.81 bits per heavy atom. The summed E-state index contributed by atoms with van der Waals surface area (Å²) in [6.07, 6.45) is 1.74. The number of rotatable bonds is 10. The monoisotopic (exact) mass is 458 g/mol. The van der Waals surface area contributed by atoms with Crippen LogP contribution in [0.5, 0.6) is 11.5 Å². The summed E-state index contributed by atoms with van der Waals surface area (Å²) < 4.78 is 12.9. The van der Waals surface area contributed by atoms with Gasteiger partial charge in [-0.05, 0) is 36.8 Å². The average molecular weight is 459 g/mol. The van der Waals surface area contributed by atoms with Gasteiger partial charge in [-0.1, -0.05) is 47.6 Å². The van der Waals surface area contributed by atoms with Crippen LogP contribution in [0.1, 0.15) is 11.4 Å². The highest BCUT2D eigenvalue weighted by molar-refractivity contribution is 7.99. The number of hydrogen-bond acceptors (Lipinski definition) is 6. The number of carbonyl (C=O) groups excluding carboxylic acids is 1. The van der Waals surface area contributed by atoms with Crippen LogP contribution < -0.4 is 14.8 Å². The van der Waals surface area contributed by atoms with Gasteiger partial charge in [0.15, 0.2) is 11.0 Å². The van der Waals surface area contributed by atoms with E-state index in [0.717, 1.165) is 5.56 Å². The molecule has 162 valence electrons. The van der Waals surface area contributed by atoms with Gasteiger partial charge in [0.2, 0.25) is 5.91 Å². The molecule has 0 bridgehead atoms. The number of amides is 1. The van der Waals surface area contributed by atoms with Crippen LogP contribution in [-0.4, -0.2) is 33.5 Å². The van der Waals surface area contributed by atoms with Gasteiger partial charge in [0.1, 0.15) is 18.1 Å². The maximum atomic E-state index is 12.5. The van der Waals surface area contributed by atoms with E-state index in [1.165, 1.54) is 11.8 Å². The van der Waals surface area contributed by atoms with E-state index >= 15 is 0 Å². The summed E-state index contributed by atoms with van der Waals surface area (Å²) in [6.45, 7) is 6.42. The number of aromatic nitrogens is 3. The minimum atomic E-state index is -0.170. The van der Waals surface area contributed by atoms with Crippen LogP contribution in [0.25, 0.3) is 0 Å². The van der Waals surface area contributed by atoms with E-state index in [1.807, 2.05) is 41.8 Å². The minimum Gasteiger partial charge on any atom is -0.495 e. The Bertz CT molecular complexity index is 1070. The maximum absolute atomic E-state index is 12.5. The maximum Gasteiger partial charge on any atom is 0.234 e. The third-order valence-electron chi connectivity index (χ3n) is 4.26. The highest BCUT2D eigenvalue weighted by Gasteiger charge is 2.15. The van der Waals surface area contributed by atoms with Crippen LogP contribution in [0.15, 0.2) is 60.3 Å². The lowest BCUT2D eigenvalue weighted by molar-refractivity contribution is -0.113. The molecule has 0 unspecified atom stereocenters. The fourth-order valence-electron chi connectivity index (χ4n) is 2.78. The summed E-state index contributed by atoms with van der Waals surface area (Å²) in [6, 6.07) is 12.8. The van der Waals surface area contributed by atoms with Gasteiger partial charge in [-0.2, -0.15) is 0 Å². The second-order valence-electron chi connectivity index (χ2n) is 6.56. The Labute approximate surface area is 190 Å². The zero-order valence-electron chi connectivity index (χ0n) is 17.3. The molecule has 0 fully saturated rings. The summed E-state index contributed by atoms with van der Waals surface area (Å²) in [5.74, 6) is 1.78.